The van der Waals surface area contributed by atoms with Gasteiger partial charge >= 0.3 is 0 Å². The van der Waals surface area contributed by atoms with Gasteiger partial charge in [0.2, 0.25) is 0 Å². The van der Waals surface area contributed by atoms with Crippen LogP contribution >= 0.6 is 11.6 Å². The number of carbonyl (C=O) groups is 1. The van der Waals surface area contributed by atoms with Crippen molar-refractivity contribution in [3.63, 3.8) is 0 Å². The van der Waals surface area contributed by atoms with E-state index >= 15 is 0 Å². The average Bonchev–Trinajstić information content (AvgIpc) is 2.69. The van der Waals surface area contributed by atoms with Gasteiger partial charge in [-0.1, -0.05) is 48.0 Å². The highest BCUT2D eigenvalue weighted by molar-refractivity contribution is 6.31. The van der Waals surface area contributed by atoms with Crippen LogP contribution in [0, 0.1) is 6.92 Å². The highest BCUT2D eigenvalue weighted by Crippen LogP contribution is 2.21. The van der Waals surface area contributed by atoms with Crippen molar-refractivity contribution in [3.8, 4) is 0 Å². The van der Waals surface area contributed by atoms with Gasteiger partial charge in [-0.15, -0.1) is 0 Å². The molecule has 0 fully saturated rings. The van der Waals surface area contributed by atoms with Gasteiger partial charge in [-0.25, -0.2) is 9.97 Å². The van der Waals surface area contributed by atoms with Crippen LogP contribution < -0.4 is 10.2 Å². The van der Waals surface area contributed by atoms with Gasteiger partial charge in [0, 0.05) is 23.3 Å². The van der Waals surface area contributed by atoms with E-state index in [0.29, 0.717) is 10.7 Å². The van der Waals surface area contributed by atoms with Crippen molar-refractivity contribution in [2.24, 2.45) is 0 Å². The summed E-state index contributed by atoms with van der Waals surface area (Å²) in [6, 6.07) is 15.8. The van der Waals surface area contributed by atoms with Gasteiger partial charge in [-0.2, -0.15) is 0 Å². The van der Waals surface area contributed by atoms with Crippen LogP contribution in [-0.4, -0.2) is 21.9 Å². The number of hydrogen-bond donors (Lipinski definition) is 1. The Morgan fingerprint density at radius 2 is 1.86 bits per heavy atom. The summed E-state index contributed by atoms with van der Waals surface area (Å²) in [5.74, 6) is 0.415. The molecular formula is C22H23ClN4O. The number of carbonyl (C=O) groups excluding carboxylic acids is 1. The van der Waals surface area contributed by atoms with Crippen molar-refractivity contribution in [2.75, 3.05) is 10.2 Å². The molecule has 0 saturated carbocycles. The van der Waals surface area contributed by atoms with Crippen molar-refractivity contribution in [2.45, 2.75) is 33.4 Å². The van der Waals surface area contributed by atoms with E-state index in [-0.39, 0.29) is 17.6 Å². The molecule has 0 spiro atoms. The first-order valence-electron chi connectivity index (χ1n) is 9.14. The first-order chi connectivity index (χ1) is 13.4. The third-order valence-electron chi connectivity index (χ3n) is 4.43. The fraction of sp³-hybridized carbons (Fsp3) is 0.227. The molecule has 0 atom stereocenters. The van der Waals surface area contributed by atoms with Gasteiger partial charge < -0.3 is 10.2 Å². The molecule has 6 heteroatoms. The summed E-state index contributed by atoms with van der Waals surface area (Å²) in [5, 5.41) is 3.40. The molecule has 0 saturated heterocycles. The van der Waals surface area contributed by atoms with Gasteiger partial charge in [0.15, 0.2) is 0 Å². The smallest absolute Gasteiger partial charge is 0.275 e. The second kappa shape index (κ2) is 8.85. The van der Waals surface area contributed by atoms with Gasteiger partial charge in [0.05, 0.1) is 12.4 Å². The van der Waals surface area contributed by atoms with Gasteiger partial charge in [-0.05, 0) is 44.0 Å². The maximum atomic E-state index is 12.5. The number of rotatable bonds is 6. The van der Waals surface area contributed by atoms with E-state index in [2.05, 4.69) is 46.2 Å². The molecule has 5 nitrogen and oxygen atoms in total. The molecule has 1 aromatic heterocycles. The summed E-state index contributed by atoms with van der Waals surface area (Å²) >= 11 is 6.01. The van der Waals surface area contributed by atoms with Gasteiger partial charge in [0.25, 0.3) is 5.91 Å². The summed E-state index contributed by atoms with van der Waals surface area (Å²) in [7, 11) is 0. The second-order valence-corrected chi connectivity index (χ2v) is 7.32. The Hall–Kier alpha value is -2.92. The first kappa shape index (κ1) is 19.8. The van der Waals surface area contributed by atoms with Gasteiger partial charge in [-0.3, -0.25) is 4.79 Å². The predicted molar refractivity (Wildman–Crippen MR) is 114 cm³/mol. The summed E-state index contributed by atoms with van der Waals surface area (Å²) < 4.78 is 0. The zero-order valence-corrected chi connectivity index (χ0v) is 16.9. The molecule has 0 aliphatic heterocycles. The lowest BCUT2D eigenvalue weighted by Crippen LogP contribution is -2.31. The highest BCUT2D eigenvalue weighted by Gasteiger charge is 2.15. The van der Waals surface area contributed by atoms with E-state index in [0.717, 1.165) is 17.9 Å². The molecule has 144 valence electrons. The van der Waals surface area contributed by atoms with Crippen LogP contribution in [-0.2, 0) is 6.54 Å². The molecule has 3 rings (SSSR count). The number of aromatic nitrogens is 2. The number of nitrogens with zero attached hydrogens (tertiary/aromatic N) is 3. The topological polar surface area (TPSA) is 58.1 Å². The number of amides is 1. The lowest BCUT2D eigenvalue weighted by atomic mass is 10.2. The van der Waals surface area contributed by atoms with Crippen LogP contribution in [0.15, 0.2) is 60.9 Å². The van der Waals surface area contributed by atoms with E-state index < -0.39 is 0 Å². The Morgan fingerprint density at radius 3 is 2.50 bits per heavy atom. The number of hydrogen-bond acceptors (Lipinski definition) is 4. The quantitative estimate of drug-likeness (QED) is 0.631. The zero-order chi connectivity index (χ0) is 20.1. The number of benzene rings is 2. The largest absolute Gasteiger partial charge is 0.349 e. The predicted octanol–water partition coefficient (Wildman–Crippen LogP) is 5.11. The van der Waals surface area contributed by atoms with Crippen LogP contribution in [0.1, 0.15) is 35.5 Å². The Labute approximate surface area is 170 Å². The SMILES string of the molecule is Cc1ccc(Cl)cc1NC(=O)c1cnc(N(Cc2ccccc2)C(C)C)cn1. The maximum Gasteiger partial charge on any atom is 0.275 e. The standard InChI is InChI=1S/C22H23ClN4O/c1-15(2)27(14-17-7-5-4-6-8-17)21-13-24-20(12-25-21)22(28)26-19-11-18(23)10-9-16(19)3/h4-13,15H,14H2,1-3H3,(H,26,28). The maximum absolute atomic E-state index is 12.5. The van der Waals surface area contributed by atoms with Crippen molar-refractivity contribution in [1.29, 1.82) is 0 Å². The molecule has 3 aromatic rings. The molecular weight excluding hydrogens is 372 g/mol. The third-order valence-corrected chi connectivity index (χ3v) is 4.67. The van der Waals surface area contributed by atoms with Crippen LogP contribution in [0.3, 0.4) is 0 Å². The van der Waals surface area contributed by atoms with Crippen molar-refractivity contribution < 1.29 is 4.79 Å². The number of aryl methyl sites for hydroxylation is 1. The van der Waals surface area contributed by atoms with Gasteiger partial charge in [0.1, 0.15) is 11.5 Å². The fourth-order valence-electron chi connectivity index (χ4n) is 2.81. The number of nitrogens with one attached hydrogen (secondary N) is 1. The zero-order valence-electron chi connectivity index (χ0n) is 16.2. The monoisotopic (exact) mass is 394 g/mol. The van der Waals surface area contributed by atoms with Crippen molar-refractivity contribution in [3.05, 3.63) is 82.8 Å². The van der Waals surface area contributed by atoms with Crippen LogP contribution in [0.5, 0.6) is 0 Å². The van der Waals surface area contributed by atoms with E-state index in [1.54, 1.807) is 18.3 Å². The molecule has 0 unspecified atom stereocenters. The minimum atomic E-state index is -0.316. The molecule has 2 aromatic carbocycles. The number of halogens is 1. The Kier molecular flexibility index (Phi) is 6.26. The minimum Gasteiger partial charge on any atom is -0.349 e. The summed E-state index contributed by atoms with van der Waals surface area (Å²) in [6.45, 7) is 6.84. The fourth-order valence-corrected chi connectivity index (χ4v) is 2.98. The lowest BCUT2D eigenvalue weighted by molar-refractivity contribution is 0.102. The molecule has 1 heterocycles. The minimum absolute atomic E-state index is 0.239. The molecule has 0 bridgehead atoms. The summed E-state index contributed by atoms with van der Waals surface area (Å²) in [4.78, 5) is 23.5. The number of anilines is 2. The van der Waals surface area contributed by atoms with E-state index in [1.165, 1.54) is 11.8 Å². The molecule has 0 aliphatic rings. The lowest BCUT2D eigenvalue weighted by Gasteiger charge is -2.27. The molecule has 0 aliphatic carbocycles. The van der Waals surface area contributed by atoms with Crippen molar-refractivity contribution >= 4 is 29.0 Å². The van der Waals surface area contributed by atoms with E-state index in [9.17, 15) is 4.79 Å². The Balaban J connectivity index is 1.75. The summed E-state index contributed by atoms with van der Waals surface area (Å²) in [6.07, 6.45) is 3.15. The molecule has 0 radical (unpaired) electrons. The third kappa shape index (κ3) is 4.87. The highest BCUT2D eigenvalue weighted by atomic mass is 35.5. The first-order valence-corrected chi connectivity index (χ1v) is 9.52. The average molecular weight is 395 g/mol. The molecule has 28 heavy (non-hydrogen) atoms. The van der Waals surface area contributed by atoms with E-state index in [1.807, 2.05) is 31.2 Å². The molecule has 1 amide bonds. The summed E-state index contributed by atoms with van der Waals surface area (Å²) in [5.41, 5.74) is 3.04. The molecule has 1 N–H and O–H groups in total. The van der Waals surface area contributed by atoms with E-state index in [4.69, 9.17) is 11.6 Å². The van der Waals surface area contributed by atoms with Crippen LogP contribution in [0.4, 0.5) is 11.5 Å². The van der Waals surface area contributed by atoms with Crippen LogP contribution in [0.2, 0.25) is 5.02 Å². The van der Waals surface area contributed by atoms with Crippen LogP contribution in [0.25, 0.3) is 0 Å². The van der Waals surface area contributed by atoms with Crippen molar-refractivity contribution in [1.82, 2.24) is 9.97 Å². The Bertz CT molecular complexity index is 943. The second-order valence-electron chi connectivity index (χ2n) is 6.88. The normalized spacial score (nSPS) is 10.8. The Morgan fingerprint density at radius 1 is 1.11 bits per heavy atom.